The second-order valence-electron chi connectivity index (χ2n) is 2.22. The van der Waals surface area contributed by atoms with Crippen LogP contribution in [-0.2, 0) is 0 Å². The molecule has 0 aromatic heterocycles. The van der Waals surface area contributed by atoms with Gasteiger partial charge in [0.25, 0.3) is 0 Å². The number of halogens is 3. The lowest BCUT2D eigenvalue weighted by Gasteiger charge is -2.13. The molecule has 0 bridgehead atoms. The van der Waals surface area contributed by atoms with Gasteiger partial charge < -0.3 is 5.11 Å². The van der Waals surface area contributed by atoms with E-state index in [2.05, 4.69) is 6.58 Å². The Hall–Kier alpha value is -0.510. The molecular weight excluding hydrogens is 145 g/mol. The molecule has 60 valence electrons. The van der Waals surface area contributed by atoms with Crippen molar-refractivity contribution in [2.75, 3.05) is 0 Å². The average Bonchev–Trinajstić information content (AvgIpc) is 1.60. The average molecular weight is 154 g/mol. The number of aliphatic hydroxyl groups excluding tert-OH is 1. The van der Waals surface area contributed by atoms with Crippen molar-refractivity contribution in [3.8, 4) is 0 Å². The highest BCUT2D eigenvalue weighted by Crippen LogP contribution is 2.23. The molecule has 1 nitrogen and oxygen atoms in total. The topological polar surface area (TPSA) is 20.2 Å². The molecule has 0 aliphatic rings. The number of hydrogen-bond donors (Lipinski definition) is 1. The summed E-state index contributed by atoms with van der Waals surface area (Å²) in [7, 11) is 0. The van der Waals surface area contributed by atoms with Gasteiger partial charge in [0.05, 0.1) is 0 Å². The number of rotatable bonds is 2. The van der Waals surface area contributed by atoms with Crippen LogP contribution in [0.25, 0.3) is 0 Å². The number of aliphatic hydroxyl groups is 1. The first kappa shape index (κ1) is 9.49. The van der Waals surface area contributed by atoms with Crippen molar-refractivity contribution >= 4 is 0 Å². The van der Waals surface area contributed by atoms with Gasteiger partial charge in [0, 0.05) is 6.42 Å². The maximum absolute atomic E-state index is 11.5. The minimum absolute atomic E-state index is 0.324. The lowest BCUT2D eigenvalue weighted by atomic mass is 10.1. The van der Waals surface area contributed by atoms with E-state index in [4.69, 9.17) is 5.11 Å². The Morgan fingerprint density at radius 3 is 2.10 bits per heavy atom. The van der Waals surface area contributed by atoms with Crippen molar-refractivity contribution in [1.82, 2.24) is 0 Å². The van der Waals surface area contributed by atoms with Crippen LogP contribution in [0.1, 0.15) is 13.3 Å². The quantitative estimate of drug-likeness (QED) is 0.602. The molecule has 0 aromatic rings. The first-order valence-corrected chi connectivity index (χ1v) is 2.73. The van der Waals surface area contributed by atoms with E-state index in [0.29, 0.717) is 5.57 Å². The number of hydrogen-bond acceptors (Lipinski definition) is 1. The maximum Gasteiger partial charge on any atom is 0.414 e. The molecule has 1 N–H and O–H groups in total. The van der Waals surface area contributed by atoms with Crippen molar-refractivity contribution < 1.29 is 18.3 Å². The Labute approximate surface area is 57.2 Å². The molecule has 0 fully saturated rings. The van der Waals surface area contributed by atoms with E-state index in [1.165, 1.54) is 6.92 Å². The van der Waals surface area contributed by atoms with Gasteiger partial charge in [-0.25, -0.2) is 0 Å². The molecule has 0 saturated heterocycles. The third kappa shape index (κ3) is 3.50. The molecule has 0 heterocycles. The minimum Gasteiger partial charge on any atom is -0.383 e. The summed E-state index contributed by atoms with van der Waals surface area (Å²) in [5.41, 5.74) is 0.324. The lowest BCUT2D eigenvalue weighted by molar-refractivity contribution is -0.202. The lowest BCUT2D eigenvalue weighted by Crippen LogP contribution is -2.28. The van der Waals surface area contributed by atoms with Crippen molar-refractivity contribution in [1.29, 1.82) is 0 Å². The van der Waals surface area contributed by atoms with Gasteiger partial charge in [0.15, 0.2) is 6.10 Å². The molecule has 0 spiro atoms. The summed E-state index contributed by atoms with van der Waals surface area (Å²) in [4.78, 5) is 0. The highest BCUT2D eigenvalue weighted by atomic mass is 19.4. The summed E-state index contributed by atoms with van der Waals surface area (Å²) in [6, 6.07) is 0. The van der Waals surface area contributed by atoms with Gasteiger partial charge in [-0.15, -0.1) is 6.58 Å². The Morgan fingerprint density at radius 1 is 1.60 bits per heavy atom. The fourth-order valence-corrected chi connectivity index (χ4v) is 0.446. The molecule has 1 atom stereocenters. The summed E-state index contributed by atoms with van der Waals surface area (Å²) < 4.78 is 34.6. The van der Waals surface area contributed by atoms with Crippen LogP contribution >= 0.6 is 0 Å². The zero-order chi connectivity index (χ0) is 8.36. The molecule has 0 radical (unpaired) electrons. The van der Waals surface area contributed by atoms with E-state index < -0.39 is 18.7 Å². The molecular formula is C6H9F3O. The van der Waals surface area contributed by atoms with E-state index in [9.17, 15) is 13.2 Å². The van der Waals surface area contributed by atoms with Gasteiger partial charge >= 0.3 is 6.18 Å². The fourth-order valence-electron chi connectivity index (χ4n) is 0.446. The molecule has 0 aromatic carbocycles. The zero-order valence-corrected chi connectivity index (χ0v) is 5.57. The van der Waals surface area contributed by atoms with Crippen LogP contribution in [0.15, 0.2) is 12.2 Å². The summed E-state index contributed by atoms with van der Waals surface area (Å²) in [6.45, 7) is 4.69. The zero-order valence-electron chi connectivity index (χ0n) is 5.57. The molecule has 0 aliphatic carbocycles. The van der Waals surface area contributed by atoms with Crippen LogP contribution < -0.4 is 0 Å². The summed E-state index contributed by atoms with van der Waals surface area (Å²) in [6.07, 6.45) is -7.19. The summed E-state index contributed by atoms with van der Waals surface area (Å²) in [5.74, 6) is 0. The molecule has 0 amide bonds. The Balaban J connectivity index is 3.85. The van der Waals surface area contributed by atoms with Crippen LogP contribution in [0.2, 0.25) is 0 Å². The van der Waals surface area contributed by atoms with E-state index in [1.807, 2.05) is 0 Å². The predicted molar refractivity (Wildman–Crippen MR) is 31.5 cm³/mol. The first-order valence-electron chi connectivity index (χ1n) is 2.73. The predicted octanol–water partition coefficient (Wildman–Crippen LogP) is 1.88. The molecule has 0 unspecified atom stereocenters. The van der Waals surface area contributed by atoms with Crippen LogP contribution in [0.4, 0.5) is 13.2 Å². The monoisotopic (exact) mass is 154 g/mol. The van der Waals surface area contributed by atoms with Crippen molar-refractivity contribution in [2.45, 2.75) is 25.6 Å². The molecule has 0 aliphatic heterocycles. The van der Waals surface area contributed by atoms with Crippen LogP contribution in [0.5, 0.6) is 0 Å². The minimum atomic E-state index is -4.51. The number of alkyl halides is 3. The normalized spacial score (nSPS) is 14.9. The third-order valence-electron chi connectivity index (χ3n) is 0.920. The highest BCUT2D eigenvalue weighted by Gasteiger charge is 2.37. The molecule has 0 rings (SSSR count). The van der Waals surface area contributed by atoms with Gasteiger partial charge in [0.2, 0.25) is 0 Å². The van der Waals surface area contributed by atoms with Crippen LogP contribution in [0.3, 0.4) is 0 Å². The standard InChI is InChI=1S/C6H9F3O/c1-4(2)3-5(10)6(7,8)9/h5,10H,1,3H2,2H3/t5-/m0/s1. The molecule has 4 heteroatoms. The Bertz CT molecular complexity index is 127. The first-order chi connectivity index (χ1) is 4.34. The van der Waals surface area contributed by atoms with E-state index in [1.54, 1.807) is 0 Å². The Morgan fingerprint density at radius 2 is 2.00 bits per heavy atom. The second kappa shape index (κ2) is 3.05. The van der Waals surface area contributed by atoms with Crippen molar-refractivity contribution in [3.05, 3.63) is 12.2 Å². The van der Waals surface area contributed by atoms with E-state index in [-0.39, 0.29) is 0 Å². The summed E-state index contributed by atoms with van der Waals surface area (Å²) >= 11 is 0. The third-order valence-corrected chi connectivity index (χ3v) is 0.920. The largest absolute Gasteiger partial charge is 0.414 e. The van der Waals surface area contributed by atoms with Gasteiger partial charge in [0.1, 0.15) is 0 Å². The van der Waals surface area contributed by atoms with Crippen LogP contribution in [-0.4, -0.2) is 17.4 Å². The Kier molecular flexibility index (Phi) is 2.90. The highest BCUT2D eigenvalue weighted by molar-refractivity contribution is 4.92. The van der Waals surface area contributed by atoms with E-state index in [0.717, 1.165) is 0 Å². The van der Waals surface area contributed by atoms with Gasteiger partial charge in [-0.3, -0.25) is 0 Å². The SMILES string of the molecule is C=C(C)C[C@H](O)C(F)(F)F. The molecule has 10 heavy (non-hydrogen) atoms. The van der Waals surface area contributed by atoms with E-state index >= 15 is 0 Å². The fraction of sp³-hybridized carbons (Fsp3) is 0.667. The van der Waals surface area contributed by atoms with Crippen molar-refractivity contribution in [3.63, 3.8) is 0 Å². The van der Waals surface area contributed by atoms with Gasteiger partial charge in [-0.1, -0.05) is 5.57 Å². The van der Waals surface area contributed by atoms with Gasteiger partial charge in [-0.2, -0.15) is 13.2 Å². The smallest absolute Gasteiger partial charge is 0.383 e. The van der Waals surface area contributed by atoms with Crippen LogP contribution in [0, 0.1) is 0 Å². The second-order valence-corrected chi connectivity index (χ2v) is 2.22. The van der Waals surface area contributed by atoms with Gasteiger partial charge in [-0.05, 0) is 6.92 Å². The summed E-state index contributed by atoms with van der Waals surface area (Å²) in [5, 5.41) is 8.37. The van der Waals surface area contributed by atoms with Crippen molar-refractivity contribution in [2.24, 2.45) is 0 Å². The maximum atomic E-state index is 11.5. The molecule has 0 saturated carbocycles.